The summed E-state index contributed by atoms with van der Waals surface area (Å²) in [6.07, 6.45) is 2.95. The topological polar surface area (TPSA) is 27.6 Å². The van der Waals surface area contributed by atoms with Gasteiger partial charge < -0.3 is 10.2 Å². The highest BCUT2D eigenvalue weighted by atomic mass is 127. The molecule has 1 N–H and O–H groups in total. The van der Waals surface area contributed by atoms with Crippen LogP contribution in [-0.4, -0.2) is 37.0 Å². The predicted molar refractivity (Wildman–Crippen MR) is 102 cm³/mol. The second kappa shape index (κ2) is 9.39. The Bertz CT molecular complexity index is 516. The molecule has 1 fully saturated rings. The molecule has 0 aromatic heterocycles. The van der Waals surface area contributed by atoms with E-state index in [0.29, 0.717) is 6.54 Å². The van der Waals surface area contributed by atoms with Crippen molar-refractivity contribution in [2.75, 3.05) is 20.1 Å². The fraction of sp³-hybridized carbons (Fsp3) is 0.588. The maximum absolute atomic E-state index is 13.8. The summed E-state index contributed by atoms with van der Waals surface area (Å²) in [6.45, 7) is 5.74. The Morgan fingerprint density at radius 1 is 1.30 bits per heavy atom. The molecule has 0 heterocycles. The van der Waals surface area contributed by atoms with Gasteiger partial charge in [-0.15, -0.1) is 24.0 Å². The monoisotopic (exact) mass is 437 g/mol. The predicted octanol–water partition coefficient (Wildman–Crippen LogP) is 4.14. The molecule has 0 aliphatic heterocycles. The van der Waals surface area contributed by atoms with Crippen LogP contribution in [0.25, 0.3) is 0 Å². The average molecular weight is 437 g/mol. The normalized spacial score (nSPS) is 20.0. The van der Waals surface area contributed by atoms with Crippen LogP contribution in [0.1, 0.15) is 44.6 Å². The molecule has 2 rings (SSSR count). The van der Waals surface area contributed by atoms with E-state index >= 15 is 0 Å². The van der Waals surface area contributed by atoms with Gasteiger partial charge in [-0.3, -0.25) is 4.99 Å². The Balaban J connectivity index is 0.00000264. The highest BCUT2D eigenvalue weighted by Crippen LogP contribution is 2.43. The fourth-order valence-corrected chi connectivity index (χ4v) is 2.63. The minimum absolute atomic E-state index is 0. The zero-order valence-corrected chi connectivity index (χ0v) is 16.3. The molecule has 1 aliphatic rings. The van der Waals surface area contributed by atoms with Crippen molar-refractivity contribution in [2.24, 2.45) is 4.99 Å². The Morgan fingerprint density at radius 2 is 1.96 bits per heavy atom. The summed E-state index contributed by atoms with van der Waals surface area (Å²) in [5.41, 5.74) is 0.201. The number of nitrogens with zero attached hydrogens (tertiary/aromatic N) is 2. The molecule has 0 saturated heterocycles. The molecule has 1 aromatic rings. The summed E-state index contributed by atoms with van der Waals surface area (Å²) >= 11 is 0. The van der Waals surface area contributed by atoms with Crippen LogP contribution in [-0.2, 0) is 0 Å². The van der Waals surface area contributed by atoms with E-state index in [2.05, 4.69) is 22.1 Å². The quantitative estimate of drug-likeness (QED) is 0.412. The van der Waals surface area contributed by atoms with Gasteiger partial charge in [-0.1, -0.05) is 19.4 Å². The fourth-order valence-electron chi connectivity index (χ4n) is 2.63. The highest BCUT2D eigenvalue weighted by molar-refractivity contribution is 14.0. The molecule has 0 amide bonds. The minimum Gasteiger partial charge on any atom is -0.353 e. The number of halogens is 3. The van der Waals surface area contributed by atoms with Crippen LogP contribution in [0.3, 0.4) is 0 Å². The van der Waals surface area contributed by atoms with E-state index in [1.807, 2.05) is 14.0 Å². The van der Waals surface area contributed by atoms with Crippen molar-refractivity contribution in [1.82, 2.24) is 10.2 Å². The molecule has 2 atom stereocenters. The first-order chi connectivity index (χ1) is 10.6. The molecule has 0 bridgehead atoms. The van der Waals surface area contributed by atoms with Gasteiger partial charge in [0.15, 0.2) is 5.96 Å². The number of nitrogens with one attached hydrogen (secondary N) is 1. The van der Waals surface area contributed by atoms with Crippen molar-refractivity contribution < 1.29 is 8.78 Å². The first kappa shape index (κ1) is 20.1. The summed E-state index contributed by atoms with van der Waals surface area (Å²) in [5.74, 6) is -0.201. The van der Waals surface area contributed by atoms with Gasteiger partial charge in [-0.25, -0.2) is 8.78 Å². The van der Waals surface area contributed by atoms with Crippen molar-refractivity contribution in [3.05, 3.63) is 35.4 Å². The minimum atomic E-state index is -0.456. The van der Waals surface area contributed by atoms with Crippen LogP contribution in [0.4, 0.5) is 8.78 Å². The number of guanidine groups is 1. The van der Waals surface area contributed by atoms with E-state index in [9.17, 15) is 8.78 Å². The number of benzene rings is 1. The van der Waals surface area contributed by atoms with Gasteiger partial charge in [0.05, 0.1) is 0 Å². The number of rotatable bonds is 6. The molecule has 2 unspecified atom stereocenters. The van der Waals surface area contributed by atoms with E-state index < -0.39 is 11.6 Å². The lowest BCUT2D eigenvalue weighted by molar-refractivity contribution is 0.462. The summed E-state index contributed by atoms with van der Waals surface area (Å²) in [4.78, 5) is 6.56. The van der Waals surface area contributed by atoms with Gasteiger partial charge in [0, 0.05) is 37.7 Å². The lowest BCUT2D eigenvalue weighted by Crippen LogP contribution is -2.41. The van der Waals surface area contributed by atoms with Crippen molar-refractivity contribution in [2.45, 2.75) is 45.1 Å². The Morgan fingerprint density at radius 3 is 2.52 bits per heavy atom. The third-order valence-electron chi connectivity index (χ3n) is 3.99. The maximum atomic E-state index is 13.8. The average Bonchev–Trinajstić information content (AvgIpc) is 3.23. The standard InChI is InChI=1S/C17H25F2N3.HI/c1-4-6-10-22(3)17(20-5-2)21-15-11-12(15)16-13(18)8-7-9-14(16)19;/h7-9,12,15H,4-6,10-11H2,1-3H3,(H,20,21);1H. The molecule has 0 radical (unpaired) electrons. The molecule has 130 valence electrons. The lowest BCUT2D eigenvalue weighted by Gasteiger charge is -2.22. The number of hydrogen-bond acceptors (Lipinski definition) is 1. The summed E-state index contributed by atoms with van der Waals surface area (Å²) < 4.78 is 27.6. The molecular formula is C17H26F2IN3. The molecule has 3 nitrogen and oxygen atoms in total. The van der Waals surface area contributed by atoms with Gasteiger partial charge in [-0.2, -0.15) is 0 Å². The van der Waals surface area contributed by atoms with Crippen molar-refractivity contribution >= 4 is 29.9 Å². The molecule has 1 aromatic carbocycles. The third kappa shape index (κ3) is 5.29. The second-order valence-corrected chi connectivity index (χ2v) is 5.80. The van der Waals surface area contributed by atoms with Crippen LogP contribution in [0.2, 0.25) is 0 Å². The van der Waals surface area contributed by atoms with Crippen molar-refractivity contribution in [1.29, 1.82) is 0 Å². The smallest absolute Gasteiger partial charge is 0.193 e. The van der Waals surface area contributed by atoms with Crippen LogP contribution in [0.5, 0.6) is 0 Å². The number of unbranched alkanes of at least 4 members (excludes halogenated alkanes) is 1. The van der Waals surface area contributed by atoms with E-state index in [1.165, 1.54) is 18.2 Å². The lowest BCUT2D eigenvalue weighted by atomic mass is 10.1. The van der Waals surface area contributed by atoms with Crippen molar-refractivity contribution in [3.8, 4) is 0 Å². The molecular weight excluding hydrogens is 411 g/mol. The van der Waals surface area contributed by atoms with Gasteiger partial charge >= 0.3 is 0 Å². The Kier molecular flexibility index (Phi) is 8.22. The first-order valence-corrected chi connectivity index (χ1v) is 8.04. The summed E-state index contributed by atoms with van der Waals surface area (Å²) in [7, 11) is 2.00. The molecule has 6 heteroatoms. The van der Waals surface area contributed by atoms with E-state index in [0.717, 1.165) is 31.8 Å². The number of hydrogen-bond donors (Lipinski definition) is 1. The molecule has 1 aliphatic carbocycles. The zero-order valence-electron chi connectivity index (χ0n) is 14.0. The summed E-state index contributed by atoms with van der Waals surface area (Å²) in [6, 6.07) is 4.10. The highest BCUT2D eigenvalue weighted by Gasteiger charge is 2.42. The van der Waals surface area contributed by atoms with Gasteiger partial charge in [0.2, 0.25) is 0 Å². The van der Waals surface area contributed by atoms with Crippen LogP contribution < -0.4 is 5.32 Å². The van der Waals surface area contributed by atoms with Gasteiger partial charge in [0.1, 0.15) is 11.6 Å². The van der Waals surface area contributed by atoms with Crippen LogP contribution >= 0.6 is 24.0 Å². The van der Waals surface area contributed by atoms with E-state index in [-0.39, 0.29) is 41.5 Å². The van der Waals surface area contributed by atoms with E-state index in [1.54, 1.807) is 0 Å². The second-order valence-electron chi connectivity index (χ2n) is 5.80. The van der Waals surface area contributed by atoms with Gasteiger partial charge in [-0.05, 0) is 31.9 Å². The first-order valence-electron chi connectivity index (χ1n) is 8.04. The molecule has 0 spiro atoms. The van der Waals surface area contributed by atoms with Crippen molar-refractivity contribution in [3.63, 3.8) is 0 Å². The number of aliphatic imine (C=N–C) groups is 1. The van der Waals surface area contributed by atoms with Crippen LogP contribution in [0.15, 0.2) is 23.2 Å². The Hall–Kier alpha value is -0.920. The SMILES string of the molecule is CCCCN(C)C(=NCC)NC1CC1c1c(F)cccc1F.I. The van der Waals surface area contributed by atoms with Crippen LogP contribution in [0, 0.1) is 11.6 Å². The summed E-state index contributed by atoms with van der Waals surface area (Å²) in [5, 5.41) is 3.35. The van der Waals surface area contributed by atoms with Gasteiger partial charge in [0.25, 0.3) is 0 Å². The zero-order chi connectivity index (χ0) is 16.1. The van der Waals surface area contributed by atoms with E-state index in [4.69, 9.17) is 0 Å². The third-order valence-corrected chi connectivity index (χ3v) is 3.99. The Labute approximate surface area is 154 Å². The molecule has 23 heavy (non-hydrogen) atoms. The molecule has 1 saturated carbocycles. The largest absolute Gasteiger partial charge is 0.353 e. The maximum Gasteiger partial charge on any atom is 0.193 e.